The maximum atomic E-state index is 9.60. The Morgan fingerprint density at radius 1 is 0.324 bits per heavy atom. The Labute approximate surface area is 892 Å². The average molecular weight is 2140 g/mol. The van der Waals surface area contributed by atoms with Gasteiger partial charge < -0.3 is 10.2 Å². The molecule has 18 aromatic rings. The van der Waals surface area contributed by atoms with Crippen LogP contribution in [0.2, 0.25) is 0 Å². The van der Waals surface area contributed by atoms with Crippen molar-refractivity contribution in [2.24, 2.45) is 11.8 Å². The van der Waals surface area contributed by atoms with Crippen molar-refractivity contribution < 1.29 is 10.2 Å². The smallest absolute Gasteiger partial charge is 0.0693 e. The molecule has 0 bridgehead atoms. The summed E-state index contributed by atoms with van der Waals surface area (Å²) in [5.41, 5.74) is 27.1. The third-order valence-corrected chi connectivity index (χ3v) is 47.7. The number of thioether (sulfide) groups is 1. The number of unbranched alkanes of at least 4 members (excludes halogenated alkanes) is 4. The van der Waals surface area contributed by atoms with Crippen molar-refractivity contribution in [1.29, 1.82) is 0 Å². The first-order valence-corrected chi connectivity index (χ1v) is 63.4. The number of hydrogen-bond donors (Lipinski definition) is 2. The quantitative estimate of drug-likeness (QED) is 0.0404. The first-order valence-electron chi connectivity index (χ1n) is 48.7. The van der Waals surface area contributed by atoms with E-state index in [4.69, 9.17) is 11.6 Å². The molecule has 1 aliphatic heterocycles. The van der Waals surface area contributed by atoms with Crippen molar-refractivity contribution in [1.82, 2.24) is 0 Å². The van der Waals surface area contributed by atoms with E-state index in [1.807, 2.05) is 176 Å². The van der Waals surface area contributed by atoms with Gasteiger partial charge >= 0.3 is 0 Å². The summed E-state index contributed by atoms with van der Waals surface area (Å²) in [4.78, 5) is 21.9. The van der Waals surface area contributed by atoms with Gasteiger partial charge in [0.1, 0.15) is 0 Å². The average Bonchev–Trinajstić information content (AvgIpc) is 1.55. The topological polar surface area (TPSA) is 40.5 Å². The monoisotopic (exact) mass is 2140 g/mol. The van der Waals surface area contributed by atoms with Gasteiger partial charge in [0.05, 0.1) is 23.9 Å². The van der Waals surface area contributed by atoms with Gasteiger partial charge in [-0.3, -0.25) is 0 Å². The van der Waals surface area contributed by atoms with Gasteiger partial charge in [0.15, 0.2) is 0 Å². The molecule has 0 spiro atoms. The van der Waals surface area contributed by atoms with Crippen molar-refractivity contribution in [2.75, 3.05) is 19.1 Å². The van der Waals surface area contributed by atoms with Crippen LogP contribution in [0.15, 0.2) is 287 Å². The maximum Gasteiger partial charge on any atom is 0.0693 e. The van der Waals surface area contributed by atoms with Gasteiger partial charge in [-0.05, 0) is 335 Å². The molecule has 0 saturated heterocycles. The number of rotatable bonds is 22. The number of alkyl halides is 1. The van der Waals surface area contributed by atoms with E-state index in [1.54, 1.807) is 44.2 Å². The second-order valence-electron chi connectivity index (χ2n) is 39.9. The van der Waals surface area contributed by atoms with Gasteiger partial charge in [-0.1, -0.05) is 211 Å². The largest absolute Gasteiger partial charge is 0.395 e. The van der Waals surface area contributed by atoms with Gasteiger partial charge in [-0.25, -0.2) is 0 Å². The Morgan fingerprint density at radius 2 is 0.612 bits per heavy atom. The van der Waals surface area contributed by atoms with Gasteiger partial charge in [-0.15, -0.1) is 200 Å². The highest BCUT2D eigenvalue weighted by Crippen LogP contribution is 2.67. The zero-order valence-corrected chi connectivity index (χ0v) is 94.3. The summed E-state index contributed by atoms with van der Waals surface area (Å²) in [6.07, 6.45) is 22.3. The van der Waals surface area contributed by atoms with Crippen LogP contribution in [0.5, 0.6) is 0 Å². The van der Waals surface area contributed by atoms with Gasteiger partial charge in [-0.2, -0.15) is 0 Å². The number of halogens is 1. The van der Waals surface area contributed by atoms with Crippen LogP contribution in [0, 0.1) is 11.8 Å². The van der Waals surface area contributed by atoms with E-state index in [0.29, 0.717) is 11.3 Å². The first-order chi connectivity index (χ1) is 67.7. The summed E-state index contributed by atoms with van der Waals surface area (Å²) in [6, 6.07) is 66.8. The van der Waals surface area contributed by atoms with Crippen LogP contribution in [-0.4, -0.2) is 29.3 Å². The number of aliphatic hydroxyl groups excluding tert-OH is 2. The molecule has 2 atom stereocenters. The lowest BCUT2D eigenvalue weighted by molar-refractivity contribution is 0.146. The molecular formula is C120H119ClO2S16. The zero-order chi connectivity index (χ0) is 96.1. The summed E-state index contributed by atoms with van der Waals surface area (Å²) in [5, 5.41) is 55.3. The molecule has 0 amide bonds. The lowest BCUT2D eigenvalue weighted by atomic mass is 9.68. The number of hydrogen-bond acceptors (Lipinski definition) is 18. The van der Waals surface area contributed by atoms with Crippen molar-refractivity contribution in [2.45, 2.75) is 208 Å². The molecule has 3 aromatic carbocycles. The fourth-order valence-corrected chi connectivity index (χ4v) is 42.4. The van der Waals surface area contributed by atoms with E-state index in [-0.39, 0.29) is 45.7 Å². The van der Waals surface area contributed by atoms with E-state index in [9.17, 15) is 10.2 Å². The van der Waals surface area contributed by atoms with E-state index in [1.165, 1.54) is 205 Å². The fourth-order valence-electron chi connectivity index (χ4n) is 23.9. The highest BCUT2D eigenvalue weighted by atomic mass is 35.5. The Morgan fingerprint density at radius 3 is 0.942 bits per heavy atom. The minimum atomic E-state index is -0.565. The van der Waals surface area contributed by atoms with Crippen molar-refractivity contribution in [3.05, 3.63) is 392 Å². The molecule has 2 nitrogen and oxygen atoms in total. The van der Waals surface area contributed by atoms with Gasteiger partial charge in [0, 0.05) is 123 Å². The maximum absolute atomic E-state index is 9.60. The molecule has 0 radical (unpaired) electrons. The molecule has 2 unspecified atom stereocenters. The molecule has 0 saturated carbocycles. The molecule has 0 fully saturated rings. The van der Waals surface area contributed by atoms with Crippen LogP contribution in [0.4, 0.5) is 0 Å². The zero-order valence-electron chi connectivity index (χ0n) is 80.5. The van der Waals surface area contributed by atoms with E-state index in [0.717, 1.165) is 53.9 Å². The minimum Gasteiger partial charge on any atom is -0.395 e. The predicted octanol–water partition coefficient (Wildman–Crippen LogP) is 39.7. The molecular weight excluding hydrogens is 2020 g/mol. The van der Waals surface area contributed by atoms with Gasteiger partial charge in [0.2, 0.25) is 0 Å². The van der Waals surface area contributed by atoms with Crippen LogP contribution in [0.3, 0.4) is 0 Å². The summed E-state index contributed by atoms with van der Waals surface area (Å²) in [5.74, 6) is 2.18. The molecule has 27 rings (SSSR count). The Bertz CT molecular complexity index is 6870. The lowest BCUT2D eigenvalue weighted by Crippen LogP contribution is -2.33. The van der Waals surface area contributed by atoms with Crippen LogP contribution in [-0.2, 0) is 62.6 Å². The van der Waals surface area contributed by atoms with E-state index >= 15 is 0 Å². The second kappa shape index (κ2) is 42.0. The molecule has 714 valence electrons. The molecule has 19 heteroatoms. The summed E-state index contributed by atoms with van der Waals surface area (Å²) in [6.45, 7) is 27.1. The minimum absolute atomic E-state index is 0.0308. The number of thiophene rings is 15. The second-order valence-corrected chi connectivity index (χ2v) is 55.0. The Balaban J connectivity index is 0.0000000985. The number of benzene rings is 3. The van der Waals surface area contributed by atoms with Crippen LogP contribution < -0.4 is 0 Å². The third kappa shape index (κ3) is 17.8. The number of allylic oxidation sites excluding steroid dienone is 2. The highest BCUT2D eigenvalue weighted by molar-refractivity contribution is 8.02. The standard InChI is InChI=1S/C23H18S2.C19H28S2.C17H14S2.C14H16S2.C14H14S2.C11H9ClS2.C11H10O2S2.C11H10S2/c1-3-7-17(8-4-1)15-23(16-18-9-5-2-6-10-18)19-11-13-24-21(19)22-20(23)12-14-25-22;1-3-5-7-11-19(12-8-6-4-2)15-9-13-20-17(15)18-16(19)10-14-21-18;1-17(11-12-5-3-2-4-6-12)13-7-9-18-15(13)16-14(17)8-10-19-16;1-9(2)8-14(3)10-4-6-15-12(10)13-11(14)5-7-16-13;1-3-4-7-14(2)10-5-8-15-12(10)13-11(14)6-9-16-13;1-11(6-12)7-2-4-13-9(7)10-8(11)3-5-14-10;12-5-11(6-13)7-1-3-14-9(7)10-8(11)2-4-15-10;1-11(2)7-3-5-12-9(7)10-8(11)4-6-13-10/h1-14H,15-16H2;9-10,13-15,17H,3-8,11-12H2,1-2H3;2-10H,11H2,1H3;4-7,9H,8H2,1-3H3;3,5-6,8-9H,1,4,7H2,2H3;2-5H,6H2,1H3;1-4,12-13H,5-6H2;3-6H,1-2H3. The molecule has 9 aliphatic rings. The Kier molecular flexibility index (Phi) is 30.1. The third-order valence-electron chi connectivity index (χ3n) is 30.9. The number of aliphatic hydroxyl groups is 2. The van der Waals surface area contributed by atoms with Crippen LogP contribution in [0.25, 0.3) is 68.3 Å². The fraction of sp³-hybridized carbons (Fsp3) is 0.317. The number of fused-ring (bicyclic) bond motifs is 24. The lowest BCUT2D eigenvalue weighted by Gasteiger charge is -2.36. The van der Waals surface area contributed by atoms with E-state index < -0.39 is 5.41 Å². The van der Waals surface area contributed by atoms with Crippen molar-refractivity contribution >= 4 is 193 Å². The van der Waals surface area contributed by atoms with Crippen LogP contribution >= 0.6 is 193 Å². The molecule has 2 N–H and O–H groups in total. The SMILES string of the molecule is C=CCCC1(C)c2ccsc2-c2sccc21.CC(C)CC1(C)c2ccsc2-c2sccc21.CC1(C)c2ccsc2-c2sccc21.CC1(CCl)c2ccsc2-c2sccc21.CC1(Cc2ccccc2)c2ccsc2-c2sccc21.CCCCCC1(CCCCC)c2ccsc2C2SC=CC21.OCC1(CO)c2ccsc2-c2sccc21.c1ccc(CC2(Cc3ccccc3)c3ccsc3-c3sccc32)cc1. The van der Waals surface area contributed by atoms with Crippen LogP contribution in [0.1, 0.15) is 250 Å². The van der Waals surface area contributed by atoms with Crippen molar-refractivity contribution in [3.63, 3.8) is 0 Å². The first kappa shape index (κ1) is 99.5. The normalized spacial score (nSPS) is 17.2. The molecule has 8 aliphatic carbocycles. The van der Waals surface area contributed by atoms with E-state index in [2.05, 4.69) is 339 Å². The molecule has 15 aromatic heterocycles. The summed E-state index contributed by atoms with van der Waals surface area (Å²) < 4.78 is 0. The molecule has 16 heterocycles. The highest BCUT2D eigenvalue weighted by Gasteiger charge is 2.54. The molecule has 139 heavy (non-hydrogen) atoms. The summed E-state index contributed by atoms with van der Waals surface area (Å²) >= 11 is 36.1. The summed E-state index contributed by atoms with van der Waals surface area (Å²) in [7, 11) is 0. The van der Waals surface area contributed by atoms with Crippen molar-refractivity contribution in [3.8, 4) is 68.3 Å². The predicted molar refractivity (Wildman–Crippen MR) is 624 cm³/mol. The van der Waals surface area contributed by atoms with Gasteiger partial charge in [0.25, 0.3) is 0 Å². The Hall–Kier alpha value is -6.80.